The van der Waals surface area contributed by atoms with Gasteiger partial charge in [-0.1, -0.05) is 49.7 Å². The minimum Gasteiger partial charge on any atom is -0.449 e. The van der Waals surface area contributed by atoms with Crippen molar-refractivity contribution in [2.75, 3.05) is 5.32 Å². The second kappa shape index (κ2) is 8.17. The number of para-hydroxylation sites is 1. The minimum absolute atomic E-state index is 0.263. The molecule has 0 aromatic heterocycles. The molecular weight excluding hydrogens is 338 g/mol. The molecule has 0 spiro atoms. The summed E-state index contributed by atoms with van der Waals surface area (Å²) in [6.45, 7) is 7.61. The Morgan fingerprint density at radius 2 is 1.76 bits per heavy atom. The molecule has 0 unspecified atom stereocenters. The number of aryl methyl sites for hydroxylation is 1. The number of carbonyl (C=O) groups is 2. The number of anilines is 1. The molecule has 2 aromatic rings. The highest BCUT2D eigenvalue weighted by molar-refractivity contribution is 6.30. The summed E-state index contributed by atoms with van der Waals surface area (Å²) in [4.78, 5) is 24.6. The van der Waals surface area contributed by atoms with Gasteiger partial charge in [0.25, 0.3) is 5.91 Å². The van der Waals surface area contributed by atoms with E-state index in [9.17, 15) is 9.59 Å². The van der Waals surface area contributed by atoms with Crippen LogP contribution < -0.4 is 5.32 Å². The van der Waals surface area contributed by atoms with Crippen molar-refractivity contribution in [3.63, 3.8) is 0 Å². The summed E-state index contributed by atoms with van der Waals surface area (Å²) < 4.78 is 5.26. The Hall–Kier alpha value is -2.33. The summed E-state index contributed by atoms with van der Waals surface area (Å²) >= 11 is 5.87. The van der Waals surface area contributed by atoms with Crippen LogP contribution in [0.25, 0.3) is 0 Å². The van der Waals surface area contributed by atoms with Crippen LogP contribution in [0.5, 0.6) is 0 Å². The number of hydrogen-bond acceptors (Lipinski definition) is 3. The highest BCUT2D eigenvalue weighted by Crippen LogP contribution is 2.27. The first-order chi connectivity index (χ1) is 11.8. The Morgan fingerprint density at radius 3 is 2.40 bits per heavy atom. The van der Waals surface area contributed by atoms with Crippen molar-refractivity contribution in [1.29, 1.82) is 0 Å². The lowest BCUT2D eigenvalue weighted by atomic mass is 9.98. The molecule has 2 rings (SSSR count). The van der Waals surface area contributed by atoms with Crippen LogP contribution in [0.3, 0.4) is 0 Å². The van der Waals surface area contributed by atoms with Crippen molar-refractivity contribution in [3.05, 3.63) is 64.2 Å². The molecule has 0 saturated heterocycles. The van der Waals surface area contributed by atoms with E-state index < -0.39 is 12.1 Å². The number of esters is 1. The van der Waals surface area contributed by atoms with Gasteiger partial charge in [-0.05, 0) is 49.1 Å². The predicted molar refractivity (Wildman–Crippen MR) is 100 cm³/mol. The summed E-state index contributed by atoms with van der Waals surface area (Å²) in [7, 11) is 0. The lowest BCUT2D eigenvalue weighted by Crippen LogP contribution is -2.30. The van der Waals surface area contributed by atoms with Crippen molar-refractivity contribution in [2.45, 2.75) is 39.7 Å². The molecule has 2 aromatic carbocycles. The summed E-state index contributed by atoms with van der Waals surface area (Å²) in [5.41, 5.74) is 3.09. The molecule has 0 heterocycles. The quantitative estimate of drug-likeness (QED) is 0.768. The molecule has 0 bridgehead atoms. The van der Waals surface area contributed by atoms with Gasteiger partial charge in [-0.25, -0.2) is 4.79 Å². The number of nitrogens with one attached hydrogen (secondary N) is 1. The fourth-order valence-electron chi connectivity index (χ4n) is 2.46. The number of halogens is 1. The molecule has 1 atom stereocenters. The highest BCUT2D eigenvalue weighted by Gasteiger charge is 2.21. The maximum Gasteiger partial charge on any atom is 0.338 e. The topological polar surface area (TPSA) is 55.4 Å². The Morgan fingerprint density at radius 1 is 1.08 bits per heavy atom. The smallest absolute Gasteiger partial charge is 0.338 e. The standard InChI is InChI=1S/C20H22ClNO3/c1-12(2)17-10-5-7-13(3)18(17)22-19(23)14(4)25-20(24)15-8-6-9-16(21)11-15/h5-12,14H,1-4H3,(H,22,23)/t14-/m0/s1. The largest absolute Gasteiger partial charge is 0.449 e. The molecule has 132 valence electrons. The molecule has 0 radical (unpaired) electrons. The number of carbonyl (C=O) groups excluding carboxylic acids is 2. The van der Waals surface area contributed by atoms with Gasteiger partial charge >= 0.3 is 5.97 Å². The number of benzene rings is 2. The summed E-state index contributed by atoms with van der Waals surface area (Å²) in [5.74, 6) is -0.690. The summed E-state index contributed by atoms with van der Waals surface area (Å²) in [6, 6.07) is 12.3. The van der Waals surface area contributed by atoms with E-state index >= 15 is 0 Å². The van der Waals surface area contributed by atoms with Crippen LogP contribution in [0.4, 0.5) is 5.69 Å². The number of ether oxygens (including phenoxy) is 1. The molecule has 0 aliphatic carbocycles. The second-order valence-electron chi connectivity index (χ2n) is 6.24. The van der Waals surface area contributed by atoms with Gasteiger partial charge in [-0.2, -0.15) is 0 Å². The number of rotatable bonds is 5. The van der Waals surface area contributed by atoms with Crippen LogP contribution >= 0.6 is 11.6 Å². The van der Waals surface area contributed by atoms with Crippen LogP contribution in [-0.4, -0.2) is 18.0 Å². The summed E-state index contributed by atoms with van der Waals surface area (Å²) in [6.07, 6.45) is -0.925. The van der Waals surface area contributed by atoms with E-state index in [1.165, 1.54) is 6.07 Å². The Balaban J connectivity index is 2.10. The van der Waals surface area contributed by atoms with Crippen molar-refractivity contribution in [2.24, 2.45) is 0 Å². The van der Waals surface area contributed by atoms with Crippen LogP contribution in [0.2, 0.25) is 5.02 Å². The average Bonchev–Trinajstić information content (AvgIpc) is 2.56. The van der Waals surface area contributed by atoms with Gasteiger partial charge in [-0.3, -0.25) is 4.79 Å². The van der Waals surface area contributed by atoms with E-state index in [4.69, 9.17) is 16.3 Å². The molecule has 4 nitrogen and oxygen atoms in total. The van der Waals surface area contributed by atoms with E-state index in [2.05, 4.69) is 19.2 Å². The van der Waals surface area contributed by atoms with Crippen molar-refractivity contribution < 1.29 is 14.3 Å². The third kappa shape index (κ3) is 4.83. The monoisotopic (exact) mass is 359 g/mol. The molecule has 1 amide bonds. The average molecular weight is 360 g/mol. The molecule has 0 saturated carbocycles. The molecule has 0 fully saturated rings. The Bertz CT molecular complexity index is 786. The zero-order valence-corrected chi connectivity index (χ0v) is 15.6. The van der Waals surface area contributed by atoms with Gasteiger partial charge in [0.1, 0.15) is 0 Å². The first kappa shape index (κ1) is 19.0. The van der Waals surface area contributed by atoms with E-state index in [0.29, 0.717) is 10.6 Å². The van der Waals surface area contributed by atoms with E-state index in [-0.39, 0.29) is 11.8 Å². The normalized spacial score (nSPS) is 11.9. The Labute approximate surface area is 153 Å². The minimum atomic E-state index is -0.925. The molecular formula is C20H22ClNO3. The van der Waals surface area contributed by atoms with E-state index in [0.717, 1.165) is 16.8 Å². The van der Waals surface area contributed by atoms with Gasteiger partial charge < -0.3 is 10.1 Å². The van der Waals surface area contributed by atoms with E-state index in [1.54, 1.807) is 25.1 Å². The maximum atomic E-state index is 12.5. The second-order valence-corrected chi connectivity index (χ2v) is 6.68. The van der Waals surface area contributed by atoms with Crippen molar-refractivity contribution >= 4 is 29.2 Å². The first-order valence-electron chi connectivity index (χ1n) is 8.16. The van der Waals surface area contributed by atoms with Gasteiger partial charge in [0.2, 0.25) is 0 Å². The lowest BCUT2D eigenvalue weighted by molar-refractivity contribution is -0.123. The van der Waals surface area contributed by atoms with Gasteiger partial charge in [0.15, 0.2) is 6.10 Å². The van der Waals surface area contributed by atoms with Crippen LogP contribution in [0.1, 0.15) is 48.2 Å². The predicted octanol–water partition coefficient (Wildman–Crippen LogP) is 4.96. The fourth-order valence-corrected chi connectivity index (χ4v) is 2.66. The Kier molecular flexibility index (Phi) is 6.21. The summed E-state index contributed by atoms with van der Waals surface area (Å²) in [5, 5.41) is 3.32. The van der Waals surface area contributed by atoms with Gasteiger partial charge in [0, 0.05) is 10.7 Å². The number of hydrogen-bond donors (Lipinski definition) is 1. The van der Waals surface area contributed by atoms with Crippen LogP contribution in [0, 0.1) is 6.92 Å². The lowest BCUT2D eigenvalue weighted by Gasteiger charge is -2.19. The molecule has 1 N–H and O–H groups in total. The molecule has 0 aliphatic heterocycles. The fraction of sp³-hybridized carbons (Fsp3) is 0.300. The van der Waals surface area contributed by atoms with Crippen molar-refractivity contribution in [3.8, 4) is 0 Å². The first-order valence-corrected chi connectivity index (χ1v) is 8.54. The maximum absolute atomic E-state index is 12.5. The van der Waals surface area contributed by atoms with Gasteiger partial charge in [0.05, 0.1) is 5.56 Å². The van der Waals surface area contributed by atoms with E-state index in [1.807, 2.05) is 25.1 Å². The molecule has 0 aliphatic rings. The van der Waals surface area contributed by atoms with Crippen molar-refractivity contribution in [1.82, 2.24) is 0 Å². The number of amides is 1. The molecule has 5 heteroatoms. The van der Waals surface area contributed by atoms with Crippen LogP contribution in [0.15, 0.2) is 42.5 Å². The zero-order valence-electron chi connectivity index (χ0n) is 14.8. The molecule has 25 heavy (non-hydrogen) atoms. The third-order valence-corrected chi connectivity index (χ3v) is 4.12. The third-order valence-electron chi connectivity index (χ3n) is 3.89. The zero-order chi connectivity index (χ0) is 18.6. The van der Waals surface area contributed by atoms with Gasteiger partial charge in [-0.15, -0.1) is 0 Å². The SMILES string of the molecule is Cc1cccc(C(C)C)c1NC(=O)[C@H](C)OC(=O)c1cccc(Cl)c1. The highest BCUT2D eigenvalue weighted by atomic mass is 35.5. The van der Waals surface area contributed by atoms with Crippen LogP contribution in [-0.2, 0) is 9.53 Å².